The third-order valence-corrected chi connectivity index (χ3v) is 8.04. The maximum absolute atomic E-state index is 13.3. The molecular weight excluding hydrogens is 496 g/mol. The van der Waals surface area contributed by atoms with E-state index in [0.29, 0.717) is 30.7 Å². The molecule has 200 valence electrons. The first kappa shape index (κ1) is 26.7. The lowest BCUT2D eigenvalue weighted by Crippen LogP contribution is -2.43. The fraction of sp³-hybridized carbons (Fsp3) is 0.400. The molecule has 8 heteroatoms. The van der Waals surface area contributed by atoms with Crippen molar-refractivity contribution >= 4 is 21.6 Å². The second kappa shape index (κ2) is 12.3. The van der Waals surface area contributed by atoms with Crippen LogP contribution in [0.25, 0.3) is 21.3 Å². The number of aliphatic hydroxyl groups is 1. The Hall–Kier alpha value is -2.88. The predicted octanol–water partition coefficient (Wildman–Crippen LogP) is 4.01. The summed E-state index contributed by atoms with van der Waals surface area (Å²) in [6.45, 7) is 10.1. The van der Waals surface area contributed by atoms with Gasteiger partial charge in [-0.3, -0.25) is 14.6 Å². The van der Waals surface area contributed by atoms with E-state index < -0.39 is 6.10 Å². The van der Waals surface area contributed by atoms with Crippen LogP contribution in [0.1, 0.15) is 22.5 Å². The van der Waals surface area contributed by atoms with Crippen molar-refractivity contribution in [2.24, 2.45) is 0 Å². The molecule has 2 aromatic heterocycles. The van der Waals surface area contributed by atoms with Gasteiger partial charge in [-0.05, 0) is 37.0 Å². The third kappa shape index (κ3) is 6.57. The number of nitrogens with zero attached hydrogens (tertiary/aromatic N) is 3. The van der Waals surface area contributed by atoms with E-state index in [1.54, 1.807) is 0 Å². The zero-order valence-corrected chi connectivity index (χ0v) is 23.0. The van der Waals surface area contributed by atoms with E-state index >= 15 is 0 Å². The minimum atomic E-state index is -0.518. The number of fused-ring (bicyclic) bond motifs is 1. The van der Waals surface area contributed by atoms with Gasteiger partial charge < -0.3 is 14.8 Å². The van der Waals surface area contributed by atoms with Gasteiger partial charge in [-0.25, -0.2) is 4.98 Å². The molecule has 2 aromatic carbocycles. The van der Waals surface area contributed by atoms with E-state index in [2.05, 4.69) is 46.8 Å². The largest absolute Gasteiger partial charge is 0.391 e. The Morgan fingerprint density at radius 1 is 1.13 bits per heavy atom. The van der Waals surface area contributed by atoms with Crippen molar-refractivity contribution in [3.05, 3.63) is 86.8 Å². The third-order valence-electron chi connectivity index (χ3n) is 7.17. The Labute approximate surface area is 227 Å². The molecule has 4 aromatic rings. The number of aromatic amines is 1. The minimum Gasteiger partial charge on any atom is -0.391 e. The van der Waals surface area contributed by atoms with Gasteiger partial charge in [0.2, 0.25) is 0 Å². The van der Waals surface area contributed by atoms with Gasteiger partial charge >= 0.3 is 0 Å². The lowest BCUT2D eigenvalue weighted by atomic mass is 9.99. The van der Waals surface area contributed by atoms with Crippen LogP contribution in [0, 0.1) is 13.8 Å². The molecule has 0 spiro atoms. The molecule has 3 heterocycles. The fourth-order valence-corrected chi connectivity index (χ4v) is 6.05. The first-order valence-corrected chi connectivity index (χ1v) is 14.2. The van der Waals surface area contributed by atoms with Crippen molar-refractivity contribution in [2.75, 3.05) is 45.9 Å². The van der Waals surface area contributed by atoms with Crippen LogP contribution in [0.5, 0.6) is 0 Å². The second-order valence-electron chi connectivity index (χ2n) is 10.2. The smallest absolute Gasteiger partial charge is 0.260 e. The number of thiophene rings is 1. The average molecular weight is 533 g/mol. The van der Waals surface area contributed by atoms with Crippen LogP contribution < -0.4 is 5.56 Å². The number of rotatable bonds is 10. The SMILES string of the molecule is Cc1ccc(C)c(-c2csc3nc(CN(CCN4CCOCC4)CC(O)Cc4ccccc4)[nH]c(=O)c23)c1. The molecule has 1 aliphatic heterocycles. The standard InChI is InChI=1S/C30H36N4O3S/c1-21-8-9-22(2)25(16-21)26-20-38-30-28(26)29(36)31-27(32-30)19-34(11-10-33-12-14-37-15-13-33)18-24(35)17-23-6-4-3-5-7-23/h3-9,16,20,24,35H,10-15,17-19H2,1-2H3,(H,31,32,36). The molecule has 0 saturated carbocycles. The molecule has 0 amide bonds. The maximum atomic E-state index is 13.3. The Kier molecular flexibility index (Phi) is 8.66. The van der Waals surface area contributed by atoms with Crippen LogP contribution in [0.2, 0.25) is 0 Å². The van der Waals surface area contributed by atoms with Gasteiger partial charge in [-0.1, -0.05) is 54.1 Å². The highest BCUT2D eigenvalue weighted by molar-refractivity contribution is 7.17. The lowest BCUT2D eigenvalue weighted by Gasteiger charge is -2.30. The van der Waals surface area contributed by atoms with Crippen molar-refractivity contribution < 1.29 is 9.84 Å². The van der Waals surface area contributed by atoms with Crippen molar-refractivity contribution in [1.82, 2.24) is 19.8 Å². The van der Waals surface area contributed by atoms with Gasteiger partial charge in [-0.2, -0.15) is 0 Å². The Balaban J connectivity index is 1.36. The number of aryl methyl sites for hydroxylation is 2. The number of nitrogens with one attached hydrogen (secondary N) is 1. The highest BCUT2D eigenvalue weighted by Gasteiger charge is 2.19. The molecule has 7 nitrogen and oxygen atoms in total. The first-order valence-electron chi connectivity index (χ1n) is 13.3. The van der Waals surface area contributed by atoms with Crippen LogP contribution in [0.3, 0.4) is 0 Å². The van der Waals surface area contributed by atoms with E-state index in [1.165, 1.54) is 11.3 Å². The molecule has 38 heavy (non-hydrogen) atoms. The van der Waals surface area contributed by atoms with E-state index in [1.807, 2.05) is 35.7 Å². The molecule has 1 unspecified atom stereocenters. The molecule has 2 N–H and O–H groups in total. The number of hydrogen-bond donors (Lipinski definition) is 2. The molecule has 1 fully saturated rings. The highest BCUT2D eigenvalue weighted by atomic mass is 32.1. The number of hydrogen-bond acceptors (Lipinski definition) is 7. The fourth-order valence-electron chi connectivity index (χ4n) is 5.10. The Morgan fingerprint density at radius 3 is 2.71 bits per heavy atom. The van der Waals surface area contributed by atoms with E-state index in [0.717, 1.165) is 72.0 Å². The van der Waals surface area contributed by atoms with Crippen LogP contribution in [-0.2, 0) is 17.7 Å². The van der Waals surface area contributed by atoms with E-state index in [4.69, 9.17) is 9.72 Å². The summed E-state index contributed by atoms with van der Waals surface area (Å²) >= 11 is 1.51. The van der Waals surface area contributed by atoms with Crippen molar-refractivity contribution in [3.63, 3.8) is 0 Å². The molecule has 1 atom stereocenters. The number of aromatic nitrogens is 2. The number of aliphatic hydroxyl groups excluding tert-OH is 1. The van der Waals surface area contributed by atoms with Crippen LogP contribution in [0.4, 0.5) is 0 Å². The average Bonchev–Trinajstić information content (AvgIpc) is 3.34. The maximum Gasteiger partial charge on any atom is 0.260 e. The molecule has 0 radical (unpaired) electrons. The summed E-state index contributed by atoms with van der Waals surface area (Å²) in [6, 6.07) is 16.4. The van der Waals surface area contributed by atoms with Gasteiger partial charge in [0.1, 0.15) is 10.7 Å². The number of benzene rings is 2. The summed E-state index contributed by atoms with van der Waals surface area (Å²) in [5.74, 6) is 0.630. The molecule has 0 bridgehead atoms. The van der Waals surface area contributed by atoms with E-state index in [-0.39, 0.29) is 5.56 Å². The molecule has 1 aliphatic rings. The second-order valence-corrected chi connectivity index (χ2v) is 11.1. The Morgan fingerprint density at radius 2 is 1.92 bits per heavy atom. The number of ether oxygens (including phenoxy) is 1. The minimum absolute atomic E-state index is 0.111. The summed E-state index contributed by atoms with van der Waals surface area (Å²) in [5.41, 5.74) is 5.32. The first-order chi connectivity index (χ1) is 18.5. The molecule has 0 aliphatic carbocycles. The van der Waals surface area contributed by atoms with Crippen LogP contribution in [0.15, 0.2) is 58.7 Å². The summed E-state index contributed by atoms with van der Waals surface area (Å²) in [4.78, 5) is 26.6. The van der Waals surface area contributed by atoms with Crippen molar-refractivity contribution in [3.8, 4) is 11.1 Å². The monoisotopic (exact) mass is 532 g/mol. The highest BCUT2D eigenvalue weighted by Crippen LogP contribution is 2.33. The summed E-state index contributed by atoms with van der Waals surface area (Å²) in [5, 5.41) is 13.6. The van der Waals surface area contributed by atoms with Crippen molar-refractivity contribution in [2.45, 2.75) is 32.9 Å². The van der Waals surface area contributed by atoms with Gasteiger partial charge in [-0.15, -0.1) is 11.3 Å². The number of H-pyrrole nitrogens is 1. The zero-order chi connectivity index (χ0) is 26.5. The quantitative estimate of drug-likeness (QED) is 0.321. The van der Waals surface area contributed by atoms with E-state index in [9.17, 15) is 9.90 Å². The van der Waals surface area contributed by atoms with Crippen molar-refractivity contribution in [1.29, 1.82) is 0 Å². The molecule has 1 saturated heterocycles. The summed E-state index contributed by atoms with van der Waals surface area (Å²) < 4.78 is 5.49. The summed E-state index contributed by atoms with van der Waals surface area (Å²) in [6.07, 6.45) is 0.0670. The summed E-state index contributed by atoms with van der Waals surface area (Å²) in [7, 11) is 0. The normalized spacial score (nSPS) is 15.4. The Bertz CT molecular complexity index is 1410. The molecular formula is C30H36N4O3S. The topological polar surface area (TPSA) is 81.7 Å². The number of morpholine rings is 1. The van der Waals surface area contributed by atoms with Gasteiger partial charge in [0.05, 0.1) is 31.2 Å². The van der Waals surface area contributed by atoms with Crippen LogP contribution in [-0.4, -0.2) is 76.9 Å². The predicted molar refractivity (Wildman–Crippen MR) is 154 cm³/mol. The van der Waals surface area contributed by atoms with Gasteiger partial charge in [0.25, 0.3) is 5.56 Å². The zero-order valence-electron chi connectivity index (χ0n) is 22.2. The van der Waals surface area contributed by atoms with Gasteiger partial charge in [0, 0.05) is 43.7 Å². The van der Waals surface area contributed by atoms with Gasteiger partial charge in [0.15, 0.2) is 0 Å². The lowest BCUT2D eigenvalue weighted by molar-refractivity contribution is 0.0289. The van der Waals surface area contributed by atoms with Crippen LogP contribution >= 0.6 is 11.3 Å². The molecule has 5 rings (SSSR count).